The lowest BCUT2D eigenvalue weighted by Gasteiger charge is -2.30. The summed E-state index contributed by atoms with van der Waals surface area (Å²) < 4.78 is 10.4. The summed E-state index contributed by atoms with van der Waals surface area (Å²) in [6.07, 6.45) is 1.90. The molecule has 3 rings (SSSR count). The third-order valence-corrected chi connectivity index (χ3v) is 4.24. The van der Waals surface area contributed by atoms with E-state index in [0.717, 1.165) is 29.9 Å². The average Bonchev–Trinajstić information content (AvgIpc) is 2.99. The summed E-state index contributed by atoms with van der Waals surface area (Å²) in [4.78, 5) is 17.5. The molecule has 2 aromatic rings. The van der Waals surface area contributed by atoms with Crippen LogP contribution in [0.5, 0.6) is 0 Å². The van der Waals surface area contributed by atoms with Crippen LogP contribution in [0.15, 0.2) is 24.4 Å². The molecule has 0 radical (unpaired) electrons. The van der Waals surface area contributed by atoms with Crippen LogP contribution in [0.25, 0.3) is 11.1 Å². The number of anilines is 1. The monoisotopic (exact) mass is 314 g/mol. The van der Waals surface area contributed by atoms with Gasteiger partial charge in [-0.05, 0) is 25.0 Å². The van der Waals surface area contributed by atoms with E-state index in [1.54, 1.807) is 0 Å². The molecule has 1 fully saturated rings. The molecule has 1 aromatic heterocycles. The van der Waals surface area contributed by atoms with Gasteiger partial charge in [-0.15, -0.1) is 0 Å². The molecule has 5 nitrogen and oxygen atoms in total. The molecule has 0 atom stereocenters. The molecule has 122 valence electrons. The number of carbonyl (C=O) groups is 1. The molecular weight excluding hydrogens is 292 g/mol. The third-order valence-electron chi connectivity index (χ3n) is 4.24. The molecule has 2 heterocycles. The van der Waals surface area contributed by atoms with Crippen LogP contribution in [0, 0.1) is 13.8 Å². The molecule has 0 aliphatic carbocycles. The van der Waals surface area contributed by atoms with Crippen LogP contribution >= 0.6 is 0 Å². The molecule has 0 spiro atoms. The van der Waals surface area contributed by atoms with Crippen LogP contribution in [0.3, 0.4) is 0 Å². The Hall–Kier alpha value is -2.27. The number of aryl methyl sites for hydroxylation is 2. The highest BCUT2D eigenvalue weighted by atomic mass is 16.5. The number of carbonyl (C=O) groups excluding carboxylic acids is 1. The number of H-pyrrole nitrogens is 1. The minimum Gasteiger partial charge on any atom is -0.464 e. The molecule has 0 unspecified atom stereocenters. The fraction of sp³-hybridized carbons (Fsp3) is 0.389. The number of ether oxygens (including phenoxy) is 2. The molecule has 1 aliphatic rings. The number of methoxy groups -OCH3 is 1. The Bertz CT molecular complexity index is 715. The van der Waals surface area contributed by atoms with E-state index in [-0.39, 0.29) is 5.97 Å². The Morgan fingerprint density at radius 1 is 1.22 bits per heavy atom. The number of aromatic nitrogens is 1. The first-order chi connectivity index (χ1) is 11.1. The van der Waals surface area contributed by atoms with Crippen molar-refractivity contribution in [2.24, 2.45) is 0 Å². The van der Waals surface area contributed by atoms with Gasteiger partial charge >= 0.3 is 5.97 Å². The second-order valence-electron chi connectivity index (χ2n) is 5.84. The van der Waals surface area contributed by atoms with Crippen molar-refractivity contribution in [3.8, 4) is 11.1 Å². The van der Waals surface area contributed by atoms with Crippen LogP contribution in [0.4, 0.5) is 5.69 Å². The Morgan fingerprint density at radius 3 is 2.61 bits per heavy atom. The maximum Gasteiger partial charge on any atom is 0.356 e. The quantitative estimate of drug-likeness (QED) is 0.885. The van der Waals surface area contributed by atoms with Gasteiger partial charge < -0.3 is 19.4 Å². The van der Waals surface area contributed by atoms with E-state index in [0.29, 0.717) is 18.9 Å². The zero-order chi connectivity index (χ0) is 16.4. The number of nitrogens with zero attached hydrogens (tertiary/aromatic N) is 1. The van der Waals surface area contributed by atoms with Crippen molar-refractivity contribution >= 4 is 11.7 Å². The largest absolute Gasteiger partial charge is 0.464 e. The van der Waals surface area contributed by atoms with Gasteiger partial charge in [-0.25, -0.2) is 4.79 Å². The first kappa shape index (κ1) is 15.6. The van der Waals surface area contributed by atoms with Crippen molar-refractivity contribution < 1.29 is 14.3 Å². The minimum atomic E-state index is -0.345. The number of esters is 1. The molecule has 1 aliphatic heterocycles. The lowest BCUT2D eigenvalue weighted by molar-refractivity contribution is 0.0594. The molecule has 0 amide bonds. The lowest BCUT2D eigenvalue weighted by Crippen LogP contribution is -2.37. The van der Waals surface area contributed by atoms with Crippen LogP contribution in [0.1, 0.15) is 21.6 Å². The van der Waals surface area contributed by atoms with E-state index in [4.69, 9.17) is 9.47 Å². The van der Waals surface area contributed by atoms with Gasteiger partial charge in [0.1, 0.15) is 5.69 Å². The van der Waals surface area contributed by atoms with Gasteiger partial charge in [0, 0.05) is 24.8 Å². The zero-order valence-corrected chi connectivity index (χ0v) is 13.8. The highest BCUT2D eigenvalue weighted by molar-refractivity contribution is 5.99. The number of hydrogen-bond donors (Lipinski definition) is 1. The molecule has 5 heteroatoms. The predicted octanol–water partition coefficient (Wildman–Crippen LogP) is 2.92. The summed E-state index contributed by atoms with van der Waals surface area (Å²) in [5.74, 6) is -0.345. The van der Waals surface area contributed by atoms with Crippen LogP contribution in [-0.2, 0) is 9.47 Å². The third kappa shape index (κ3) is 2.97. The van der Waals surface area contributed by atoms with Gasteiger partial charge in [0.25, 0.3) is 0 Å². The minimum absolute atomic E-state index is 0.345. The Labute approximate surface area is 136 Å². The number of benzene rings is 1. The summed E-state index contributed by atoms with van der Waals surface area (Å²) >= 11 is 0. The van der Waals surface area contributed by atoms with Crippen LogP contribution in [0.2, 0.25) is 0 Å². The van der Waals surface area contributed by atoms with Gasteiger partial charge in [0.2, 0.25) is 0 Å². The molecule has 1 aromatic carbocycles. The number of rotatable bonds is 3. The van der Waals surface area contributed by atoms with Crippen molar-refractivity contribution in [3.63, 3.8) is 0 Å². The second kappa shape index (κ2) is 6.46. The summed E-state index contributed by atoms with van der Waals surface area (Å²) in [5, 5.41) is 0. The fourth-order valence-corrected chi connectivity index (χ4v) is 3.11. The first-order valence-corrected chi connectivity index (χ1v) is 7.82. The Kier molecular flexibility index (Phi) is 4.39. The SMILES string of the molecule is COC(=O)c1[nH]cc(-c2ccc(C)cc2C)c1N1CCOCC1. The van der Waals surface area contributed by atoms with Gasteiger partial charge in [0.05, 0.1) is 26.0 Å². The zero-order valence-electron chi connectivity index (χ0n) is 13.8. The first-order valence-electron chi connectivity index (χ1n) is 7.82. The topological polar surface area (TPSA) is 54.6 Å². The number of aromatic amines is 1. The van der Waals surface area contributed by atoms with Gasteiger partial charge in [-0.1, -0.05) is 23.8 Å². The maximum absolute atomic E-state index is 12.1. The number of morpholine rings is 1. The van der Waals surface area contributed by atoms with Crippen molar-refractivity contribution in [2.45, 2.75) is 13.8 Å². The normalized spacial score (nSPS) is 14.8. The van der Waals surface area contributed by atoms with Gasteiger partial charge in [-0.2, -0.15) is 0 Å². The summed E-state index contributed by atoms with van der Waals surface area (Å²) in [5.41, 5.74) is 5.99. The van der Waals surface area contributed by atoms with Crippen molar-refractivity contribution in [1.82, 2.24) is 4.98 Å². The standard InChI is InChI=1S/C18H22N2O3/c1-12-4-5-14(13(2)10-12)15-11-19-16(18(21)22-3)17(15)20-6-8-23-9-7-20/h4-5,10-11,19H,6-9H2,1-3H3. The van der Waals surface area contributed by atoms with E-state index in [9.17, 15) is 4.79 Å². The maximum atomic E-state index is 12.1. The van der Waals surface area contributed by atoms with Gasteiger partial charge in [0.15, 0.2) is 0 Å². The highest BCUT2D eigenvalue weighted by Crippen LogP contribution is 2.37. The lowest BCUT2D eigenvalue weighted by atomic mass is 9.99. The Balaban J connectivity index is 2.12. The summed E-state index contributed by atoms with van der Waals surface area (Å²) in [6.45, 7) is 7.03. The highest BCUT2D eigenvalue weighted by Gasteiger charge is 2.25. The van der Waals surface area contributed by atoms with Crippen LogP contribution in [-0.4, -0.2) is 44.4 Å². The number of hydrogen-bond acceptors (Lipinski definition) is 4. The average molecular weight is 314 g/mol. The molecule has 0 bridgehead atoms. The smallest absolute Gasteiger partial charge is 0.356 e. The van der Waals surface area contributed by atoms with E-state index in [2.05, 4.69) is 41.9 Å². The van der Waals surface area contributed by atoms with Crippen molar-refractivity contribution in [2.75, 3.05) is 38.3 Å². The number of nitrogens with one attached hydrogen (secondary N) is 1. The predicted molar refractivity (Wildman–Crippen MR) is 90.1 cm³/mol. The van der Waals surface area contributed by atoms with E-state index < -0.39 is 0 Å². The molecule has 0 saturated carbocycles. The second-order valence-corrected chi connectivity index (χ2v) is 5.84. The molecule has 1 N–H and O–H groups in total. The van der Waals surface area contributed by atoms with E-state index in [1.807, 2.05) is 6.20 Å². The molecular formula is C18H22N2O3. The molecule has 23 heavy (non-hydrogen) atoms. The van der Waals surface area contributed by atoms with E-state index >= 15 is 0 Å². The summed E-state index contributed by atoms with van der Waals surface area (Å²) in [6, 6.07) is 6.36. The van der Waals surface area contributed by atoms with Gasteiger partial charge in [-0.3, -0.25) is 0 Å². The fourth-order valence-electron chi connectivity index (χ4n) is 3.11. The van der Waals surface area contributed by atoms with Crippen LogP contribution < -0.4 is 4.90 Å². The van der Waals surface area contributed by atoms with E-state index in [1.165, 1.54) is 18.2 Å². The van der Waals surface area contributed by atoms with Crippen molar-refractivity contribution in [1.29, 1.82) is 0 Å². The van der Waals surface area contributed by atoms with Crippen molar-refractivity contribution in [3.05, 3.63) is 41.2 Å². The Morgan fingerprint density at radius 2 is 1.96 bits per heavy atom. The summed E-state index contributed by atoms with van der Waals surface area (Å²) in [7, 11) is 1.41. The molecule has 1 saturated heterocycles.